The summed E-state index contributed by atoms with van der Waals surface area (Å²) in [7, 11) is 0. The molecule has 0 aliphatic rings. The molecule has 0 unspecified atom stereocenters. The molecular weight excluding hydrogens is 318 g/mol. The van der Waals surface area contributed by atoms with Crippen LogP contribution in [0, 0.1) is 6.92 Å². The van der Waals surface area contributed by atoms with E-state index in [-0.39, 0.29) is 5.91 Å². The fourth-order valence-corrected chi connectivity index (χ4v) is 2.13. The van der Waals surface area contributed by atoms with E-state index in [0.29, 0.717) is 22.0 Å². The number of rotatable bonds is 4. The quantitative estimate of drug-likeness (QED) is 0.877. The molecule has 18 heavy (non-hydrogen) atoms. The molecule has 0 atom stereocenters. The number of carbonyl (C=O) groups is 1. The Bertz CT molecular complexity index is 541. The molecule has 0 saturated heterocycles. The van der Waals surface area contributed by atoms with Crippen LogP contribution in [0.15, 0.2) is 24.3 Å². The van der Waals surface area contributed by atoms with Gasteiger partial charge in [0.05, 0.1) is 0 Å². The van der Waals surface area contributed by atoms with Crippen LogP contribution in [0.3, 0.4) is 0 Å². The van der Waals surface area contributed by atoms with Crippen LogP contribution in [0.5, 0.6) is 5.75 Å². The van der Waals surface area contributed by atoms with E-state index in [1.807, 2.05) is 6.92 Å². The van der Waals surface area contributed by atoms with Gasteiger partial charge in [0.15, 0.2) is 0 Å². The Hall–Kier alpha value is -1.47. The maximum atomic E-state index is 11.9. The summed E-state index contributed by atoms with van der Waals surface area (Å²) in [6.45, 7) is 1.83. The Morgan fingerprint density at radius 3 is 2.67 bits per heavy atom. The molecule has 0 fully saturated rings. The number of nitrogens with one attached hydrogen (secondary N) is 1. The molecule has 5 nitrogen and oxygen atoms in total. The largest absolute Gasteiger partial charge is 0.482 e. The van der Waals surface area contributed by atoms with Crippen molar-refractivity contribution in [3.05, 3.63) is 34.8 Å². The number of hydrogen-bond acceptors (Lipinski definition) is 5. The first-order valence-corrected chi connectivity index (χ1v) is 7.03. The Morgan fingerprint density at radius 2 is 2.11 bits per heavy atom. The summed E-state index contributed by atoms with van der Waals surface area (Å²) in [4.78, 5) is 11.9. The van der Waals surface area contributed by atoms with Crippen molar-refractivity contribution in [2.24, 2.45) is 0 Å². The molecule has 1 amide bonds. The van der Waals surface area contributed by atoms with Crippen LogP contribution in [-0.4, -0.2) is 21.6 Å². The van der Waals surface area contributed by atoms with Crippen molar-refractivity contribution in [1.82, 2.24) is 10.2 Å². The highest BCUT2D eigenvalue weighted by atomic mass is 79.9. The van der Waals surface area contributed by atoms with E-state index >= 15 is 0 Å². The van der Waals surface area contributed by atoms with Crippen LogP contribution in [0.2, 0.25) is 0 Å². The van der Waals surface area contributed by atoms with E-state index < -0.39 is 0 Å². The number of aryl methyl sites for hydroxylation is 1. The highest BCUT2D eigenvalue weighted by molar-refractivity contribution is 9.09. The summed E-state index contributed by atoms with van der Waals surface area (Å²) < 4.78 is 5.23. The zero-order valence-corrected chi connectivity index (χ0v) is 11.9. The normalized spacial score (nSPS) is 10.1. The highest BCUT2D eigenvalue weighted by Gasteiger charge is 2.08. The maximum Gasteiger partial charge on any atom is 0.257 e. The molecule has 0 aliphatic heterocycles. The van der Waals surface area contributed by atoms with Gasteiger partial charge in [-0.25, -0.2) is 0 Å². The van der Waals surface area contributed by atoms with Gasteiger partial charge in [-0.3, -0.25) is 10.1 Å². The van der Waals surface area contributed by atoms with Gasteiger partial charge in [0.25, 0.3) is 5.91 Å². The first-order valence-electron chi connectivity index (χ1n) is 5.09. The van der Waals surface area contributed by atoms with E-state index in [1.165, 1.54) is 11.3 Å². The lowest BCUT2D eigenvalue weighted by atomic mass is 10.2. The first-order chi connectivity index (χ1) is 8.69. The number of aromatic nitrogens is 2. The lowest BCUT2D eigenvalue weighted by molar-refractivity contribution is 0.102. The second-order valence-electron chi connectivity index (χ2n) is 3.36. The lowest BCUT2D eigenvalue weighted by Crippen LogP contribution is -2.11. The van der Waals surface area contributed by atoms with Gasteiger partial charge in [0.2, 0.25) is 5.13 Å². The summed E-state index contributed by atoms with van der Waals surface area (Å²) in [6.07, 6.45) is 0. The van der Waals surface area contributed by atoms with Crippen LogP contribution >= 0.6 is 27.3 Å². The number of ether oxygens (including phenoxy) is 1. The van der Waals surface area contributed by atoms with Crippen LogP contribution in [-0.2, 0) is 0 Å². The van der Waals surface area contributed by atoms with Gasteiger partial charge in [-0.1, -0.05) is 11.3 Å². The summed E-state index contributed by atoms with van der Waals surface area (Å²) >= 11 is 4.50. The van der Waals surface area contributed by atoms with Crippen LogP contribution in [0.25, 0.3) is 0 Å². The third-order valence-electron chi connectivity index (χ3n) is 2.08. The minimum Gasteiger partial charge on any atom is -0.482 e. The van der Waals surface area contributed by atoms with Crippen LogP contribution in [0.4, 0.5) is 5.13 Å². The standard InChI is InChI=1S/C11H10BrN3O2S/c1-7-14-15-11(18-7)13-10(16)8-2-4-9(5-3-8)17-6-12/h2-5H,6H2,1H3,(H,13,15,16). The molecule has 2 rings (SSSR count). The van der Waals surface area contributed by atoms with E-state index in [4.69, 9.17) is 4.74 Å². The Kier molecular flexibility index (Phi) is 4.27. The van der Waals surface area contributed by atoms with Gasteiger partial charge in [0.1, 0.15) is 16.3 Å². The summed E-state index contributed by atoms with van der Waals surface area (Å²) in [5.41, 5.74) is 0.965. The van der Waals surface area contributed by atoms with Crippen molar-refractivity contribution in [2.75, 3.05) is 10.8 Å². The Labute approximate surface area is 116 Å². The number of halogens is 1. The fourth-order valence-electron chi connectivity index (χ4n) is 1.28. The van der Waals surface area contributed by atoms with Gasteiger partial charge in [0, 0.05) is 5.56 Å². The fraction of sp³-hybridized carbons (Fsp3) is 0.182. The number of hydrogen-bond donors (Lipinski definition) is 1. The zero-order valence-electron chi connectivity index (χ0n) is 9.51. The molecule has 0 spiro atoms. The molecule has 94 valence electrons. The van der Waals surface area contributed by atoms with E-state index in [1.54, 1.807) is 24.3 Å². The van der Waals surface area contributed by atoms with Gasteiger partial charge in [-0.15, -0.1) is 10.2 Å². The smallest absolute Gasteiger partial charge is 0.257 e. The lowest BCUT2D eigenvalue weighted by Gasteiger charge is -2.04. The molecule has 0 radical (unpaired) electrons. The third-order valence-corrected chi connectivity index (χ3v) is 3.07. The van der Waals surface area contributed by atoms with E-state index in [2.05, 4.69) is 31.4 Å². The minimum atomic E-state index is -0.212. The van der Waals surface area contributed by atoms with Crippen molar-refractivity contribution in [3.63, 3.8) is 0 Å². The molecular formula is C11H10BrN3O2S. The second kappa shape index (κ2) is 5.92. The van der Waals surface area contributed by atoms with E-state index in [9.17, 15) is 4.79 Å². The second-order valence-corrected chi connectivity index (χ2v) is 5.00. The predicted molar refractivity (Wildman–Crippen MR) is 73.5 cm³/mol. The molecule has 1 aromatic heterocycles. The Morgan fingerprint density at radius 1 is 1.39 bits per heavy atom. The maximum absolute atomic E-state index is 11.9. The summed E-state index contributed by atoms with van der Waals surface area (Å²) in [5, 5.41) is 11.7. The SMILES string of the molecule is Cc1nnc(NC(=O)c2ccc(OCBr)cc2)s1. The van der Waals surface area contributed by atoms with Crippen LogP contribution < -0.4 is 10.1 Å². The highest BCUT2D eigenvalue weighted by Crippen LogP contribution is 2.17. The van der Waals surface area contributed by atoms with Crippen molar-refractivity contribution in [2.45, 2.75) is 6.92 Å². The number of carbonyl (C=O) groups excluding carboxylic acids is 1. The first kappa shape index (κ1) is 13.0. The molecule has 0 bridgehead atoms. The van der Waals surface area contributed by atoms with Crippen molar-refractivity contribution >= 4 is 38.3 Å². The molecule has 2 aromatic rings. The molecule has 1 heterocycles. The number of anilines is 1. The van der Waals surface area contributed by atoms with Crippen molar-refractivity contribution in [3.8, 4) is 5.75 Å². The monoisotopic (exact) mass is 327 g/mol. The van der Waals surface area contributed by atoms with Crippen LogP contribution in [0.1, 0.15) is 15.4 Å². The molecule has 0 aliphatic carbocycles. The van der Waals surface area contributed by atoms with Gasteiger partial charge in [-0.05, 0) is 47.1 Å². The average Bonchev–Trinajstić information content (AvgIpc) is 2.76. The Balaban J connectivity index is 2.04. The molecule has 7 heteroatoms. The topological polar surface area (TPSA) is 64.1 Å². The number of benzene rings is 1. The number of nitrogens with zero attached hydrogens (tertiary/aromatic N) is 2. The molecule has 1 aromatic carbocycles. The zero-order chi connectivity index (χ0) is 13.0. The summed E-state index contributed by atoms with van der Waals surface area (Å²) in [6, 6.07) is 6.87. The van der Waals surface area contributed by atoms with Crippen molar-refractivity contribution < 1.29 is 9.53 Å². The number of amides is 1. The predicted octanol–water partition coefficient (Wildman–Crippen LogP) is 2.83. The van der Waals surface area contributed by atoms with Gasteiger partial charge >= 0.3 is 0 Å². The summed E-state index contributed by atoms with van der Waals surface area (Å²) in [5.74, 6) is 0.492. The van der Waals surface area contributed by atoms with Gasteiger partial charge in [-0.2, -0.15) is 0 Å². The third kappa shape index (κ3) is 3.27. The van der Waals surface area contributed by atoms with Crippen molar-refractivity contribution in [1.29, 1.82) is 0 Å². The molecule has 0 saturated carbocycles. The van der Waals surface area contributed by atoms with E-state index in [0.717, 1.165) is 5.01 Å². The van der Waals surface area contributed by atoms with Gasteiger partial charge < -0.3 is 4.74 Å². The average molecular weight is 328 g/mol. The number of alkyl halides is 1. The minimum absolute atomic E-state index is 0.212. The molecule has 1 N–H and O–H groups in total.